The van der Waals surface area contributed by atoms with Crippen LogP contribution in [0.5, 0.6) is 0 Å². The highest BCUT2D eigenvalue weighted by Gasteiger charge is 2.22. The molecule has 0 N–H and O–H groups in total. The van der Waals surface area contributed by atoms with E-state index in [1.54, 1.807) is 0 Å². The second kappa shape index (κ2) is 4.05. The third kappa shape index (κ3) is 1.99. The first-order valence-corrected chi connectivity index (χ1v) is 5.77. The predicted octanol–water partition coefficient (Wildman–Crippen LogP) is 3.22. The van der Waals surface area contributed by atoms with Crippen molar-refractivity contribution in [1.29, 1.82) is 0 Å². The average molecular weight is 194 g/mol. The molecule has 70 valence electrons. The third-order valence-corrected chi connectivity index (χ3v) is 3.94. The van der Waals surface area contributed by atoms with Crippen LogP contribution in [0, 0.1) is 5.92 Å². The molecular weight excluding hydrogens is 180 g/mol. The Morgan fingerprint density at radius 1 is 1.31 bits per heavy atom. The minimum absolute atomic E-state index is 0.344. The third-order valence-electron chi connectivity index (χ3n) is 2.91. The number of thiophene rings is 1. The lowest BCUT2D eigenvalue weighted by molar-refractivity contribution is -0.111. The predicted molar refractivity (Wildman–Crippen MR) is 55.1 cm³/mol. The van der Waals surface area contributed by atoms with Crippen LogP contribution in [-0.4, -0.2) is 6.29 Å². The highest BCUT2D eigenvalue weighted by Crippen LogP contribution is 2.36. The number of hydrogen-bond acceptors (Lipinski definition) is 2. The second-order valence-electron chi connectivity index (χ2n) is 3.76. The molecule has 1 aliphatic rings. The quantitative estimate of drug-likeness (QED) is 0.661. The van der Waals surface area contributed by atoms with Crippen molar-refractivity contribution in [3.05, 3.63) is 22.4 Å². The fraction of sp³-hybridized carbons (Fsp3) is 0.545. The zero-order valence-corrected chi connectivity index (χ0v) is 8.43. The first kappa shape index (κ1) is 8.95. The monoisotopic (exact) mass is 194 g/mol. The summed E-state index contributed by atoms with van der Waals surface area (Å²) >= 11 is 1.85. The smallest absolute Gasteiger partial charge is 0.123 e. The van der Waals surface area contributed by atoms with Crippen LogP contribution in [0.15, 0.2) is 17.5 Å². The van der Waals surface area contributed by atoms with Crippen LogP contribution in [0.2, 0.25) is 0 Å². The maximum absolute atomic E-state index is 10.6. The zero-order valence-electron chi connectivity index (χ0n) is 7.61. The van der Waals surface area contributed by atoms with Gasteiger partial charge in [-0.2, -0.15) is 0 Å². The summed E-state index contributed by atoms with van der Waals surface area (Å²) < 4.78 is 0. The van der Waals surface area contributed by atoms with Gasteiger partial charge in [-0.3, -0.25) is 0 Å². The standard InChI is InChI=1S/C11H14OS/c12-8-9-3-5-10(6-4-9)11-2-1-7-13-11/h1-2,7-10H,3-6H2. The van der Waals surface area contributed by atoms with Gasteiger partial charge in [0.05, 0.1) is 0 Å². The van der Waals surface area contributed by atoms with Gasteiger partial charge in [0.25, 0.3) is 0 Å². The number of rotatable bonds is 2. The van der Waals surface area contributed by atoms with Crippen molar-refractivity contribution in [3.8, 4) is 0 Å². The molecule has 0 atom stereocenters. The van der Waals surface area contributed by atoms with E-state index >= 15 is 0 Å². The van der Waals surface area contributed by atoms with Gasteiger partial charge in [0.15, 0.2) is 0 Å². The van der Waals surface area contributed by atoms with Crippen molar-refractivity contribution in [2.75, 3.05) is 0 Å². The fourth-order valence-corrected chi connectivity index (χ4v) is 2.96. The van der Waals surface area contributed by atoms with Gasteiger partial charge in [-0.1, -0.05) is 6.07 Å². The van der Waals surface area contributed by atoms with Crippen molar-refractivity contribution in [2.45, 2.75) is 31.6 Å². The first-order valence-electron chi connectivity index (χ1n) is 4.89. The molecule has 1 aromatic rings. The molecule has 0 amide bonds. The molecule has 1 saturated carbocycles. The molecule has 1 nitrogen and oxygen atoms in total. The molecule has 2 heteroatoms. The van der Waals surface area contributed by atoms with E-state index in [2.05, 4.69) is 17.5 Å². The van der Waals surface area contributed by atoms with Crippen LogP contribution in [0.4, 0.5) is 0 Å². The van der Waals surface area contributed by atoms with Gasteiger partial charge in [0, 0.05) is 10.8 Å². The minimum atomic E-state index is 0.344. The topological polar surface area (TPSA) is 17.1 Å². The summed E-state index contributed by atoms with van der Waals surface area (Å²) in [6.07, 6.45) is 5.70. The molecule has 0 radical (unpaired) electrons. The van der Waals surface area contributed by atoms with E-state index in [0.29, 0.717) is 5.92 Å². The number of carbonyl (C=O) groups is 1. The van der Waals surface area contributed by atoms with Gasteiger partial charge in [0.1, 0.15) is 6.29 Å². The van der Waals surface area contributed by atoms with Crippen molar-refractivity contribution in [1.82, 2.24) is 0 Å². The molecule has 0 saturated heterocycles. The Morgan fingerprint density at radius 2 is 2.08 bits per heavy atom. The van der Waals surface area contributed by atoms with E-state index in [1.165, 1.54) is 17.7 Å². The van der Waals surface area contributed by atoms with E-state index in [1.807, 2.05) is 11.3 Å². The molecule has 13 heavy (non-hydrogen) atoms. The van der Waals surface area contributed by atoms with Gasteiger partial charge in [-0.05, 0) is 43.0 Å². The molecule has 1 heterocycles. The van der Waals surface area contributed by atoms with E-state index in [0.717, 1.165) is 25.0 Å². The second-order valence-corrected chi connectivity index (χ2v) is 4.74. The normalized spacial score (nSPS) is 28.6. The Bertz CT molecular complexity index is 258. The van der Waals surface area contributed by atoms with Crippen LogP contribution in [-0.2, 0) is 4.79 Å². The van der Waals surface area contributed by atoms with Crippen LogP contribution >= 0.6 is 11.3 Å². The summed E-state index contributed by atoms with van der Waals surface area (Å²) in [6.45, 7) is 0. The van der Waals surface area contributed by atoms with Crippen LogP contribution < -0.4 is 0 Å². The summed E-state index contributed by atoms with van der Waals surface area (Å²) in [5, 5.41) is 2.14. The molecule has 1 aromatic heterocycles. The molecule has 0 bridgehead atoms. The minimum Gasteiger partial charge on any atom is -0.303 e. The van der Waals surface area contributed by atoms with Crippen LogP contribution in [0.25, 0.3) is 0 Å². The van der Waals surface area contributed by atoms with Gasteiger partial charge >= 0.3 is 0 Å². The Morgan fingerprint density at radius 3 is 2.62 bits per heavy atom. The lowest BCUT2D eigenvalue weighted by atomic mass is 9.82. The lowest BCUT2D eigenvalue weighted by Crippen LogP contribution is -2.13. The Labute approximate surface area is 82.8 Å². The van der Waals surface area contributed by atoms with E-state index < -0.39 is 0 Å². The van der Waals surface area contributed by atoms with E-state index in [-0.39, 0.29) is 0 Å². The average Bonchev–Trinajstić information content (AvgIpc) is 2.71. The molecule has 0 spiro atoms. The number of hydrogen-bond donors (Lipinski definition) is 0. The molecule has 1 fully saturated rings. The highest BCUT2D eigenvalue weighted by atomic mass is 32.1. The van der Waals surface area contributed by atoms with Crippen LogP contribution in [0.3, 0.4) is 0 Å². The largest absolute Gasteiger partial charge is 0.303 e. The molecule has 1 aliphatic carbocycles. The van der Waals surface area contributed by atoms with Crippen molar-refractivity contribution >= 4 is 17.6 Å². The van der Waals surface area contributed by atoms with Crippen molar-refractivity contribution < 1.29 is 4.79 Å². The Balaban J connectivity index is 1.95. The molecule has 0 unspecified atom stereocenters. The van der Waals surface area contributed by atoms with E-state index in [9.17, 15) is 4.79 Å². The highest BCUT2D eigenvalue weighted by molar-refractivity contribution is 7.10. The molecule has 0 aromatic carbocycles. The maximum atomic E-state index is 10.6. The number of aldehydes is 1. The SMILES string of the molecule is O=CC1CCC(c2cccs2)CC1. The summed E-state index contributed by atoms with van der Waals surface area (Å²) in [7, 11) is 0. The summed E-state index contributed by atoms with van der Waals surface area (Å²) in [5.41, 5.74) is 0. The van der Waals surface area contributed by atoms with Gasteiger partial charge < -0.3 is 4.79 Å². The molecular formula is C11H14OS. The van der Waals surface area contributed by atoms with Crippen molar-refractivity contribution in [2.24, 2.45) is 5.92 Å². The first-order chi connectivity index (χ1) is 6.40. The number of carbonyl (C=O) groups excluding carboxylic acids is 1. The zero-order chi connectivity index (χ0) is 9.10. The van der Waals surface area contributed by atoms with Crippen molar-refractivity contribution in [3.63, 3.8) is 0 Å². The van der Waals surface area contributed by atoms with Crippen LogP contribution in [0.1, 0.15) is 36.5 Å². The Hall–Kier alpha value is -0.630. The molecule has 0 aliphatic heterocycles. The van der Waals surface area contributed by atoms with Gasteiger partial charge in [-0.25, -0.2) is 0 Å². The summed E-state index contributed by atoms with van der Waals surface area (Å²) in [6, 6.07) is 4.34. The van der Waals surface area contributed by atoms with Gasteiger partial charge in [-0.15, -0.1) is 11.3 Å². The van der Waals surface area contributed by atoms with Gasteiger partial charge in [0.2, 0.25) is 0 Å². The maximum Gasteiger partial charge on any atom is 0.123 e. The Kier molecular flexibility index (Phi) is 2.79. The van der Waals surface area contributed by atoms with E-state index in [4.69, 9.17) is 0 Å². The fourth-order valence-electron chi connectivity index (χ4n) is 2.06. The summed E-state index contributed by atoms with van der Waals surface area (Å²) in [5.74, 6) is 1.08. The lowest BCUT2D eigenvalue weighted by Gasteiger charge is -2.24. The molecule has 2 rings (SSSR count). The summed E-state index contributed by atoms with van der Waals surface area (Å²) in [4.78, 5) is 12.1.